The Bertz CT molecular complexity index is 965. The van der Waals surface area contributed by atoms with Crippen molar-refractivity contribution in [1.82, 2.24) is 4.57 Å². The van der Waals surface area contributed by atoms with Crippen LogP contribution >= 0.6 is 23.5 Å². The maximum Gasteiger partial charge on any atom is 0.183 e. The summed E-state index contributed by atoms with van der Waals surface area (Å²) in [6.45, 7) is 4.58. The van der Waals surface area contributed by atoms with Crippen LogP contribution in [0.25, 0.3) is 0 Å². The molecule has 200 valence electrons. The van der Waals surface area contributed by atoms with Gasteiger partial charge in [-0.3, -0.25) is 0 Å². The second-order valence-corrected chi connectivity index (χ2v) is 11.9. The SMILES string of the molecule is CCCCCCCCCCCCn1c(CSc2ccccc2)c2c(c1CSc1ccccc1)OCCO2. The van der Waals surface area contributed by atoms with Crippen LogP contribution in [0.4, 0.5) is 0 Å². The first-order valence-electron chi connectivity index (χ1n) is 14.2. The van der Waals surface area contributed by atoms with E-state index in [0.29, 0.717) is 13.2 Å². The number of nitrogens with zero attached hydrogens (tertiary/aromatic N) is 1. The van der Waals surface area contributed by atoms with Crippen molar-refractivity contribution in [1.29, 1.82) is 0 Å². The van der Waals surface area contributed by atoms with Crippen LogP contribution in [0.2, 0.25) is 0 Å². The number of thioether (sulfide) groups is 2. The average molecular weight is 538 g/mol. The van der Waals surface area contributed by atoms with Crippen LogP contribution in [-0.2, 0) is 18.1 Å². The van der Waals surface area contributed by atoms with E-state index in [1.54, 1.807) is 0 Å². The molecule has 0 unspecified atom stereocenters. The van der Waals surface area contributed by atoms with Gasteiger partial charge in [-0.05, 0) is 30.7 Å². The minimum Gasteiger partial charge on any atom is -0.484 e. The first kappa shape index (κ1) is 28.0. The maximum atomic E-state index is 6.25. The molecule has 0 radical (unpaired) electrons. The van der Waals surface area contributed by atoms with Gasteiger partial charge in [-0.15, -0.1) is 23.5 Å². The summed E-state index contributed by atoms with van der Waals surface area (Å²) in [5.41, 5.74) is 2.56. The molecule has 0 N–H and O–H groups in total. The van der Waals surface area contributed by atoms with Crippen LogP contribution < -0.4 is 9.47 Å². The van der Waals surface area contributed by atoms with Crippen molar-refractivity contribution in [3.05, 3.63) is 72.1 Å². The molecule has 0 amide bonds. The van der Waals surface area contributed by atoms with E-state index in [-0.39, 0.29) is 0 Å². The van der Waals surface area contributed by atoms with Crippen LogP contribution in [0, 0.1) is 0 Å². The monoisotopic (exact) mass is 537 g/mol. The molecule has 0 bridgehead atoms. The summed E-state index contributed by atoms with van der Waals surface area (Å²) in [6.07, 6.45) is 13.5. The van der Waals surface area contributed by atoms with E-state index >= 15 is 0 Å². The smallest absolute Gasteiger partial charge is 0.183 e. The Morgan fingerprint density at radius 2 is 1.03 bits per heavy atom. The zero-order valence-corrected chi connectivity index (χ0v) is 24.1. The molecule has 2 heterocycles. The number of aromatic nitrogens is 1. The van der Waals surface area contributed by atoms with Crippen LogP contribution in [-0.4, -0.2) is 17.8 Å². The third kappa shape index (κ3) is 8.78. The zero-order valence-electron chi connectivity index (χ0n) is 22.5. The molecule has 37 heavy (non-hydrogen) atoms. The molecule has 2 aromatic carbocycles. The molecule has 0 atom stereocenters. The van der Waals surface area contributed by atoms with Gasteiger partial charge in [0.25, 0.3) is 0 Å². The predicted octanol–water partition coefficient (Wildman–Crippen LogP) is 9.76. The van der Waals surface area contributed by atoms with Crippen molar-refractivity contribution in [3.63, 3.8) is 0 Å². The van der Waals surface area contributed by atoms with Crippen molar-refractivity contribution < 1.29 is 9.47 Å². The molecule has 3 aromatic rings. The van der Waals surface area contributed by atoms with Gasteiger partial charge < -0.3 is 14.0 Å². The van der Waals surface area contributed by atoms with E-state index in [9.17, 15) is 0 Å². The molecule has 1 aliphatic heterocycles. The topological polar surface area (TPSA) is 23.4 Å². The minimum absolute atomic E-state index is 0.629. The number of ether oxygens (including phenoxy) is 2. The molecule has 0 aliphatic carbocycles. The molecular formula is C32H43NO2S2. The van der Waals surface area contributed by atoms with Gasteiger partial charge in [0.2, 0.25) is 0 Å². The lowest BCUT2D eigenvalue weighted by Crippen LogP contribution is -2.15. The van der Waals surface area contributed by atoms with Crippen molar-refractivity contribution in [2.24, 2.45) is 0 Å². The number of rotatable bonds is 17. The Labute approximate surface area is 232 Å². The Morgan fingerprint density at radius 3 is 1.49 bits per heavy atom. The van der Waals surface area contributed by atoms with Crippen molar-refractivity contribution in [2.45, 2.75) is 99.0 Å². The molecule has 3 nitrogen and oxygen atoms in total. The summed E-state index contributed by atoms with van der Waals surface area (Å²) in [6, 6.07) is 21.4. The number of hydrogen-bond donors (Lipinski definition) is 0. The fraction of sp³-hybridized carbons (Fsp3) is 0.500. The molecule has 1 aromatic heterocycles. The number of benzene rings is 2. The van der Waals surface area contributed by atoms with E-state index < -0.39 is 0 Å². The highest BCUT2D eigenvalue weighted by Crippen LogP contribution is 2.44. The summed E-state index contributed by atoms with van der Waals surface area (Å²) < 4.78 is 15.0. The van der Waals surface area contributed by atoms with Gasteiger partial charge in [-0.25, -0.2) is 0 Å². The van der Waals surface area contributed by atoms with E-state index in [2.05, 4.69) is 72.2 Å². The molecule has 0 saturated carbocycles. The molecule has 0 fully saturated rings. The Balaban J connectivity index is 1.42. The quantitative estimate of drug-likeness (QED) is 0.126. The highest BCUT2D eigenvalue weighted by Gasteiger charge is 2.28. The normalized spacial score (nSPS) is 12.7. The third-order valence-corrected chi connectivity index (χ3v) is 8.98. The predicted molar refractivity (Wildman–Crippen MR) is 159 cm³/mol. The lowest BCUT2D eigenvalue weighted by atomic mass is 10.1. The standard InChI is InChI=1S/C32H43NO2S2/c1-2-3-4-5-6-7-8-9-10-17-22-33-29(25-36-27-18-13-11-14-19-27)31-32(35-24-23-34-31)30(33)26-37-28-20-15-12-16-21-28/h11-16,18-21H,2-10,17,22-26H2,1H3. The summed E-state index contributed by atoms with van der Waals surface area (Å²) in [5, 5.41) is 0. The van der Waals surface area contributed by atoms with Crippen LogP contribution in [0.5, 0.6) is 11.5 Å². The van der Waals surface area contributed by atoms with Crippen LogP contribution in [0.15, 0.2) is 70.5 Å². The zero-order chi connectivity index (χ0) is 25.5. The average Bonchev–Trinajstić information content (AvgIpc) is 3.25. The molecule has 0 spiro atoms. The first-order valence-corrected chi connectivity index (χ1v) is 16.2. The molecule has 1 aliphatic rings. The van der Waals surface area contributed by atoms with Crippen LogP contribution in [0.1, 0.15) is 82.5 Å². The number of hydrogen-bond acceptors (Lipinski definition) is 4. The molecule has 0 saturated heterocycles. The summed E-state index contributed by atoms with van der Waals surface area (Å²) in [4.78, 5) is 2.58. The highest BCUT2D eigenvalue weighted by molar-refractivity contribution is 7.98. The van der Waals surface area contributed by atoms with Gasteiger partial charge >= 0.3 is 0 Å². The van der Waals surface area contributed by atoms with E-state index in [1.807, 2.05) is 23.5 Å². The minimum atomic E-state index is 0.629. The fourth-order valence-electron chi connectivity index (χ4n) is 4.91. The summed E-state index contributed by atoms with van der Waals surface area (Å²) in [7, 11) is 0. The number of fused-ring (bicyclic) bond motifs is 1. The Morgan fingerprint density at radius 1 is 0.595 bits per heavy atom. The lowest BCUT2D eigenvalue weighted by molar-refractivity contribution is 0.171. The lowest BCUT2D eigenvalue weighted by Gasteiger charge is -2.17. The summed E-state index contributed by atoms with van der Waals surface area (Å²) in [5.74, 6) is 3.74. The van der Waals surface area contributed by atoms with E-state index in [4.69, 9.17) is 9.47 Å². The van der Waals surface area contributed by atoms with Crippen LogP contribution in [0.3, 0.4) is 0 Å². The van der Waals surface area contributed by atoms with Gasteiger partial charge in [0.05, 0.1) is 11.4 Å². The maximum absolute atomic E-state index is 6.25. The van der Waals surface area contributed by atoms with Gasteiger partial charge in [-0.1, -0.05) is 101 Å². The Kier molecular flexibility index (Phi) is 12.2. The van der Waals surface area contributed by atoms with Gasteiger partial charge in [0.1, 0.15) is 13.2 Å². The second kappa shape index (κ2) is 16.1. The van der Waals surface area contributed by atoms with Gasteiger partial charge in [-0.2, -0.15) is 0 Å². The largest absolute Gasteiger partial charge is 0.484 e. The third-order valence-electron chi connectivity index (χ3n) is 6.93. The molecular weight excluding hydrogens is 494 g/mol. The first-order chi connectivity index (χ1) is 18.4. The highest BCUT2D eigenvalue weighted by atomic mass is 32.2. The second-order valence-electron chi connectivity index (χ2n) is 9.79. The van der Waals surface area contributed by atoms with Gasteiger partial charge in [0, 0.05) is 27.8 Å². The van der Waals surface area contributed by atoms with E-state index in [1.165, 1.54) is 85.4 Å². The summed E-state index contributed by atoms with van der Waals surface area (Å²) >= 11 is 3.77. The molecule has 4 rings (SSSR count). The number of unbranched alkanes of at least 4 members (excludes halogenated alkanes) is 9. The van der Waals surface area contributed by atoms with Crippen molar-refractivity contribution >= 4 is 23.5 Å². The Hall–Kier alpha value is -1.98. The van der Waals surface area contributed by atoms with Crippen molar-refractivity contribution in [3.8, 4) is 11.5 Å². The van der Waals surface area contributed by atoms with Gasteiger partial charge in [0.15, 0.2) is 11.5 Å². The molecule has 5 heteroatoms. The fourth-order valence-corrected chi connectivity index (χ4v) is 6.79. The van der Waals surface area contributed by atoms with E-state index in [0.717, 1.165) is 29.5 Å². The van der Waals surface area contributed by atoms with Crippen molar-refractivity contribution in [2.75, 3.05) is 13.2 Å².